The Morgan fingerprint density at radius 1 is 1.32 bits per heavy atom. The van der Waals surface area contributed by atoms with Gasteiger partial charge in [-0.2, -0.15) is 4.98 Å². The van der Waals surface area contributed by atoms with Crippen LogP contribution in [0.4, 0.5) is 0 Å². The van der Waals surface area contributed by atoms with E-state index in [0.29, 0.717) is 29.8 Å². The molecule has 1 amide bonds. The maximum absolute atomic E-state index is 12.2. The van der Waals surface area contributed by atoms with Crippen molar-refractivity contribution in [2.24, 2.45) is 0 Å². The number of aromatic nitrogens is 2. The van der Waals surface area contributed by atoms with Crippen LogP contribution < -0.4 is 5.32 Å². The fraction of sp³-hybridized carbons (Fsp3) is 0.438. The van der Waals surface area contributed by atoms with Crippen LogP contribution >= 0.6 is 24.0 Å². The van der Waals surface area contributed by atoms with Crippen molar-refractivity contribution in [3.05, 3.63) is 35.2 Å². The summed E-state index contributed by atoms with van der Waals surface area (Å²) in [4.78, 5) is 20.4. The number of rotatable bonds is 5. The maximum Gasteiger partial charge on any atom is 0.241 e. The highest BCUT2D eigenvalue weighted by molar-refractivity contribution is 6.30. The van der Waals surface area contributed by atoms with Gasteiger partial charge >= 0.3 is 0 Å². The van der Waals surface area contributed by atoms with Crippen molar-refractivity contribution in [3.8, 4) is 11.4 Å². The molecule has 3 rings (SSSR count). The monoisotopic (exact) mass is 385 g/mol. The van der Waals surface area contributed by atoms with Crippen LogP contribution in [0.2, 0.25) is 5.02 Å². The lowest BCUT2D eigenvalue weighted by Gasteiger charge is -2.28. The number of amides is 1. The standard InChI is InChI=1S/C16H20ClN5O2.ClH/c1-21(11-15(23)22-8-6-18-7-9-22)10-14-19-16(20-24-14)12-2-4-13(17)5-3-12;/h2-5,18H,6-11H2,1H3;1H. The smallest absolute Gasteiger partial charge is 0.241 e. The minimum atomic E-state index is 0. The van der Waals surface area contributed by atoms with Gasteiger partial charge in [0.05, 0.1) is 13.1 Å². The van der Waals surface area contributed by atoms with Gasteiger partial charge in [-0.25, -0.2) is 0 Å². The Balaban J connectivity index is 0.00000225. The van der Waals surface area contributed by atoms with Crippen molar-refractivity contribution < 1.29 is 9.32 Å². The van der Waals surface area contributed by atoms with Crippen LogP contribution in [0.25, 0.3) is 11.4 Å². The number of carbonyl (C=O) groups is 1. The second kappa shape index (κ2) is 9.15. The molecule has 25 heavy (non-hydrogen) atoms. The van der Waals surface area contributed by atoms with E-state index >= 15 is 0 Å². The van der Waals surface area contributed by atoms with E-state index in [2.05, 4.69) is 15.5 Å². The molecule has 2 aromatic rings. The highest BCUT2D eigenvalue weighted by Gasteiger charge is 2.19. The van der Waals surface area contributed by atoms with Gasteiger partial charge in [0.15, 0.2) is 0 Å². The van der Waals surface area contributed by atoms with Gasteiger partial charge in [-0.05, 0) is 31.3 Å². The minimum Gasteiger partial charge on any atom is -0.339 e. The Bertz CT molecular complexity index is 686. The van der Waals surface area contributed by atoms with E-state index in [0.717, 1.165) is 31.7 Å². The number of piperazine rings is 1. The minimum absolute atomic E-state index is 0. The summed E-state index contributed by atoms with van der Waals surface area (Å²) in [6.45, 7) is 3.98. The molecule has 1 N–H and O–H groups in total. The molecule has 0 atom stereocenters. The molecule has 0 saturated carbocycles. The first kappa shape index (κ1) is 19.7. The van der Waals surface area contributed by atoms with Gasteiger partial charge in [0.25, 0.3) is 0 Å². The molecule has 1 fully saturated rings. The Hall–Kier alpha value is -1.67. The van der Waals surface area contributed by atoms with Gasteiger partial charge in [0.2, 0.25) is 17.6 Å². The predicted molar refractivity (Wildman–Crippen MR) is 97.8 cm³/mol. The number of halogens is 2. The number of benzene rings is 1. The summed E-state index contributed by atoms with van der Waals surface area (Å²) in [5, 5.41) is 7.87. The van der Waals surface area contributed by atoms with Crippen LogP contribution in [0.3, 0.4) is 0 Å². The zero-order valence-corrected chi connectivity index (χ0v) is 15.5. The lowest BCUT2D eigenvalue weighted by Crippen LogP contribution is -2.49. The molecule has 0 bridgehead atoms. The third-order valence-electron chi connectivity index (χ3n) is 3.85. The van der Waals surface area contributed by atoms with E-state index in [4.69, 9.17) is 16.1 Å². The van der Waals surface area contributed by atoms with Crippen molar-refractivity contribution >= 4 is 29.9 Å². The van der Waals surface area contributed by atoms with E-state index in [1.807, 2.05) is 29.0 Å². The first-order chi connectivity index (χ1) is 11.6. The van der Waals surface area contributed by atoms with E-state index < -0.39 is 0 Å². The van der Waals surface area contributed by atoms with Crippen molar-refractivity contribution in [2.75, 3.05) is 39.8 Å². The van der Waals surface area contributed by atoms with Gasteiger partial charge in [-0.3, -0.25) is 9.69 Å². The van der Waals surface area contributed by atoms with Gasteiger partial charge in [0, 0.05) is 36.8 Å². The molecular formula is C16H21Cl2N5O2. The molecular weight excluding hydrogens is 365 g/mol. The van der Waals surface area contributed by atoms with Gasteiger partial charge in [0.1, 0.15) is 0 Å². The second-order valence-electron chi connectivity index (χ2n) is 5.82. The average molecular weight is 386 g/mol. The predicted octanol–water partition coefficient (Wildman–Crippen LogP) is 1.68. The van der Waals surface area contributed by atoms with Crippen molar-refractivity contribution in [3.63, 3.8) is 0 Å². The summed E-state index contributed by atoms with van der Waals surface area (Å²) in [6.07, 6.45) is 0. The van der Waals surface area contributed by atoms with Crippen LogP contribution in [-0.2, 0) is 11.3 Å². The topological polar surface area (TPSA) is 74.5 Å². The number of nitrogens with one attached hydrogen (secondary N) is 1. The fourth-order valence-electron chi connectivity index (χ4n) is 2.57. The summed E-state index contributed by atoms with van der Waals surface area (Å²) < 4.78 is 5.28. The van der Waals surface area contributed by atoms with E-state index in [9.17, 15) is 4.79 Å². The molecule has 1 aromatic carbocycles. The molecule has 1 aromatic heterocycles. The Morgan fingerprint density at radius 2 is 2.00 bits per heavy atom. The van der Waals surface area contributed by atoms with E-state index in [-0.39, 0.29) is 18.3 Å². The van der Waals surface area contributed by atoms with Crippen LogP contribution in [-0.4, -0.2) is 65.6 Å². The summed E-state index contributed by atoms with van der Waals surface area (Å²) in [5.74, 6) is 1.12. The van der Waals surface area contributed by atoms with Crippen molar-refractivity contribution in [1.29, 1.82) is 0 Å². The molecule has 0 unspecified atom stereocenters. The van der Waals surface area contributed by atoms with E-state index in [1.54, 1.807) is 12.1 Å². The Kier molecular flexibility index (Phi) is 7.19. The first-order valence-electron chi connectivity index (χ1n) is 7.87. The molecule has 136 valence electrons. The number of likely N-dealkylation sites (N-methyl/N-ethyl adjacent to an activating group) is 1. The average Bonchev–Trinajstić information content (AvgIpc) is 3.04. The summed E-state index contributed by atoms with van der Waals surface area (Å²) in [7, 11) is 1.87. The fourth-order valence-corrected chi connectivity index (χ4v) is 2.69. The van der Waals surface area contributed by atoms with Crippen LogP contribution in [0.15, 0.2) is 28.8 Å². The molecule has 2 heterocycles. The second-order valence-corrected chi connectivity index (χ2v) is 6.26. The molecule has 1 aliphatic heterocycles. The molecule has 0 spiro atoms. The summed E-state index contributed by atoms with van der Waals surface area (Å²) in [5.41, 5.74) is 0.842. The number of carbonyl (C=O) groups excluding carboxylic acids is 1. The molecule has 1 saturated heterocycles. The largest absolute Gasteiger partial charge is 0.339 e. The summed E-state index contributed by atoms with van der Waals surface area (Å²) in [6, 6.07) is 7.25. The number of nitrogens with zero attached hydrogens (tertiary/aromatic N) is 4. The van der Waals surface area contributed by atoms with E-state index in [1.165, 1.54) is 0 Å². The molecule has 1 aliphatic rings. The summed E-state index contributed by atoms with van der Waals surface area (Å²) >= 11 is 5.87. The molecule has 0 radical (unpaired) electrons. The zero-order chi connectivity index (χ0) is 16.9. The van der Waals surface area contributed by atoms with Crippen molar-refractivity contribution in [2.45, 2.75) is 6.54 Å². The number of hydrogen-bond acceptors (Lipinski definition) is 6. The highest BCUT2D eigenvalue weighted by Crippen LogP contribution is 2.18. The van der Waals surface area contributed by atoms with Gasteiger partial charge < -0.3 is 14.7 Å². The zero-order valence-electron chi connectivity index (χ0n) is 13.9. The Morgan fingerprint density at radius 3 is 2.68 bits per heavy atom. The first-order valence-corrected chi connectivity index (χ1v) is 8.25. The molecule has 9 heteroatoms. The van der Waals surface area contributed by atoms with Crippen LogP contribution in [0, 0.1) is 0 Å². The molecule has 7 nitrogen and oxygen atoms in total. The highest BCUT2D eigenvalue weighted by atomic mass is 35.5. The number of hydrogen-bond donors (Lipinski definition) is 1. The van der Waals surface area contributed by atoms with Crippen LogP contribution in [0.1, 0.15) is 5.89 Å². The maximum atomic E-state index is 12.2. The third-order valence-corrected chi connectivity index (χ3v) is 4.10. The molecule has 0 aliphatic carbocycles. The van der Waals surface area contributed by atoms with Gasteiger partial charge in [-0.15, -0.1) is 12.4 Å². The lowest BCUT2D eigenvalue weighted by molar-refractivity contribution is -0.132. The third kappa shape index (κ3) is 5.40. The normalized spacial score (nSPS) is 14.4. The van der Waals surface area contributed by atoms with Gasteiger partial charge in [-0.1, -0.05) is 16.8 Å². The SMILES string of the molecule is CN(CC(=O)N1CCNCC1)Cc1nc(-c2ccc(Cl)cc2)no1.Cl. The lowest BCUT2D eigenvalue weighted by atomic mass is 10.2. The van der Waals surface area contributed by atoms with Crippen LogP contribution in [0.5, 0.6) is 0 Å². The Labute approximate surface area is 157 Å². The van der Waals surface area contributed by atoms with Crippen molar-refractivity contribution in [1.82, 2.24) is 25.3 Å². The quantitative estimate of drug-likeness (QED) is 0.843.